The average molecular weight is 490 g/mol. The Kier molecular flexibility index (Phi) is 8.56. The number of amides is 3. The smallest absolute Gasteiger partial charge is 0.315 e. The minimum Gasteiger partial charge on any atom is -0.315 e. The lowest BCUT2D eigenvalue weighted by Crippen LogP contribution is -2.41. The number of nitrogens with one attached hydrogen (secondary N) is 2. The van der Waals surface area contributed by atoms with Crippen LogP contribution in [-0.4, -0.2) is 39.7 Å². The third-order valence-corrected chi connectivity index (χ3v) is 6.25. The van der Waals surface area contributed by atoms with Crippen molar-refractivity contribution in [1.82, 2.24) is 14.7 Å². The molecule has 0 atom stereocenters. The minimum absolute atomic E-state index is 0.0551. The molecule has 0 aliphatic rings. The van der Waals surface area contributed by atoms with E-state index in [1.54, 1.807) is 9.58 Å². The van der Waals surface area contributed by atoms with E-state index in [1.165, 1.54) is 0 Å². The van der Waals surface area contributed by atoms with Gasteiger partial charge in [0.1, 0.15) is 12.4 Å². The summed E-state index contributed by atoms with van der Waals surface area (Å²) >= 11 is 0. The quantitative estimate of drug-likeness (QED) is 0.386. The molecule has 0 bridgehead atoms. The number of urea groups is 1. The van der Waals surface area contributed by atoms with Crippen LogP contribution in [0.2, 0.25) is 0 Å². The second kappa shape index (κ2) is 11.4. The van der Waals surface area contributed by atoms with Crippen LogP contribution in [0.25, 0.3) is 5.69 Å². The summed E-state index contributed by atoms with van der Waals surface area (Å²) in [4.78, 5) is 27.8. The zero-order valence-electron chi connectivity index (χ0n) is 22.6. The van der Waals surface area contributed by atoms with Gasteiger partial charge in [0.2, 0.25) is 5.91 Å². The summed E-state index contributed by atoms with van der Waals surface area (Å²) in [5.74, 6) is 0.320. The van der Waals surface area contributed by atoms with E-state index in [0.29, 0.717) is 12.4 Å². The van der Waals surface area contributed by atoms with E-state index >= 15 is 0 Å². The predicted octanol–water partition coefficient (Wildman–Crippen LogP) is 6.37. The first-order valence-electron chi connectivity index (χ1n) is 12.6. The fraction of sp³-hybridized carbons (Fsp3) is 0.414. The van der Waals surface area contributed by atoms with Gasteiger partial charge in [-0.2, -0.15) is 5.10 Å². The van der Waals surface area contributed by atoms with Crippen molar-refractivity contribution in [2.75, 3.05) is 23.7 Å². The molecule has 192 valence electrons. The number of rotatable bonds is 8. The van der Waals surface area contributed by atoms with Gasteiger partial charge < -0.3 is 15.5 Å². The van der Waals surface area contributed by atoms with Crippen LogP contribution in [0.5, 0.6) is 0 Å². The van der Waals surface area contributed by atoms with Crippen LogP contribution in [0, 0.1) is 20.8 Å². The number of hydrogen-bond donors (Lipinski definition) is 2. The SMILES string of the molecule is CCCCN(CC(=O)Nc1cc(C(C)(C)C)nn1-c1ccccc1C)C(=O)Nc1ccc(C)c(C)c1. The molecule has 0 saturated carbocycles. The zero-order chi connectivity index (χ0) is 26.5. The molecule has 0 spiro atoms. The van der Waals surface area contributed by atoms with E-state index < -0.39 is 0 Å². The van der Waals surface area contributed by atoms with Crippen molar-refractivity contribution in [3.63, 3.8) is 0 Å². The minimum atomic E-state index is -0.287. The molecule has 2 N–H and O–H groups in total. The summed E-state index contributed by atoms with van der Waals surface area (Å²) in [6.45, 7) is 14.8. The zero-order valence-corrected chi connectivity index (χ0v) is 22.6. The highest BCUT2D eigenvalue weighted by Gasteiger charge is 2.23. The molecule has 3 amide bonds. The summed E-state index contributed by atoms with van der Waals surface area (Å²) < 4.78 is 1.78. The van der Waals surface area contributed by atoms with Gasteiger partial charge in [-0.05, 0) is 62.1 Å². The molecule has 3 rings (SSSR count). The average Bonchev–Trinajstić information content (AvgIpc) is 3.23. The van der Waals surface area contributed by atoms with Gasteiger partial charge in [-0.3, -0.25) is 4.79 Å². The monoisotopic (exact) mass is 489 g/mol. The molecule has 0 fully saturated rings. The Morgan fingerprint density at radius 2 is 1.67 bits per heavy atom. The molecule has 2 aromatic carbocycles. The van der Waals surface area contributed by atoms with Gasteiger partial charge in [0, 0.05) is 23.7 Å². The Morgan fingerprint density at radius 1 is 0.944 bits per heavy atom. The molecule has 36 heavy (non-hydrogen) atoms. The normalized spacial score (nSPS) is 11.3. The lowest BCUT2D eigenvalue weighted by atomic mass is 9.92. The number of hydrogen-bond acceptors (Lipinski definition) is 3. The van der Waals surface area contributed by atoms with Gasteiger partial charge in [0.25, 0.3) is 0 Å². The van der Waals surface area contributed by atoms with Crippen molar-refractivity contribution in [1.29, 1.82) is 0 Å². The van der Waals surface area contributed by atoms with Crippen molar-refractivity contribution in [2.45, 2.75) is 66.7 Å². The Hall–Kier alpha value is -3.61. The Bertz CT molecular complexity index is 1220. The summed E-state index contributed by atoms with van der Waals surface area (Å²) in [7, 11) is 0. The molecule has 1 aromatic heterocycles. The van der Waals surface area contributed by atoms with Crippen molar-refractivity contribution < 1.29 is 9.59 Å². The third-order valence-electron chi connectivity index (χ3n) is 6.25. The van der Waals surface area contributed by atoms with E-state index in [1.807, 2.05) is 69.3 Å². The van der Waals surface area contributed by atoms with E-state index in [9.17, 15) is 9.59 Å². The first-order chi connectivity index (χ1) is 17.0. The van der Waals surface area contributed by atoms with E-state index in [2.05, 4.69) is 38.3 Å². The van der Waals surface area contributed by atoms with Crippen LogP contribution in [0.3, 0.4) is 0 Å². The van der Waals surface area contributed by atoms with Gasteiger partial charge in [0.15, 0.2) is 0 Å². The predicted molar refractivity (Wildman–Crippen MR) is 147 cm³/mol. The van der Waals surface area contributed by atoms with Gasteiger partial charge in [0.05, 0.1) is 11.4 Å². The number of aryl methyl sites for hydroxylation is 3. The van der Waals surface area contributed by atoms with Gasteiger partial charge in [-0.1, -0.05) is 58.4 Å². The second-order valence-electron chi connectivity index (χ2n) is 10.4. The molecular formula is C29H39N5O2. The second-order valence-corrected chi connectivity index (χ2v) is 10.4. The maximum Gasteiger partial charge on any atom is 0.322 e. The van der Waals surface area contributed by atoms with Crippen molar-refractivity contribution in [3.05, 3.63) is 70.9 Å². The number of anilines is 2. The van der Waals surface area contributed by atoms with Crippen molar-refractivity contribution >= 4 is 23.4 Å². The van der Waals surface area contributed by atoms with Gasteiger partial charge >= 0.3 is 6.03 Å². The molecule has 1 heterocycles. The number of benzene rings is 2. The van der Waals surface area contributed by atoms with E-state index in [-0.39, 0.29) is 23.9 Å². The molecule has 7 heteroatoms. The third kappa shape index (κ3) is 6.74. The fourth-order valence-electron chi connectivity index (χ4n) is 3.80. The standard InChI is InChI=1S/C29H39N5O2/c1-8-9-16-33(28(36)30-23-15-14-20(2)22(4)17-23)19-27(35)31-26-18-25(29(5,6)7)32-34(26)24-13-11-10-12-21(24)3/h10-15,17-18H,8-9,16,19H2,1-7H3,(H,30,36)(H,31,35). The Morgan fingerprint density at radius 3 is 2.31 bits per heavy atom. The molecule has 0 radical (unpaired) electrons. The maximum atomic E-state index is 13.2. The van der Waals surface area contributed by atoms with Crippen LogP contribution < -0.4 is 10.6 Å². The highest BCUT2D eigenvalue weighted by atomic mass is 16.2. The largest absolute Gasteiger partial charge is 0.322 e. The van der Waals surface area contributed by atoms with Crippen LogP contribution in [0.1, 0.15) is 62.9 Å². The summed E-state index contributed by atoms with van der Waals surface area (Å²) in [5.41, 5.74) is 5.62. The van der Waals surface area contributed by atoms with Gasteiger partial charge in [-0.15, -0.1) is 0 Å². The topological polar surface area (TPSA) is 79.3 Å². The van der Waals surface area contributed by atoms with Crippen molar-refractivity contribution in [2.24, 2.45) is 0 Å². The Labute approximate surface area is 214 Å². The highest BCUT2D eigenvalue weighted by molar-refractivity contribution is 5.96. The number of para-hydroxylation sites is 1. The number of carbonyl (C=O) groups is 2. The first-order valence-corrected chi connectivity index (χ1v) is 12.6. The fourth-order valence-corrected chi connectivity index (χ4v) is 3.80. The first kappa shape index (κ1) is 27.0. The summed E-state index contributed by atoms with van der Waals surface area (Å²) in [5, 5.41) is 10.8. The molecule has 0 aliphatic carbocycles. The summed E-state index contributed by atoms with van der Waals surface area (Å²) in [6, 6.07) is 15.4. The highest BCUT2D eigenvalue weighted by Crippen LogP contribution is 2.27. The molecule has 0 saturated heterocycles. The lowest BCUT2D eigenvalue weighted by Gasteiger charge is -2.23. The Balaban J connectivity index is 1.82. The van der Waals surface area contributed by atoms with Crippen LogP contribution in [0.4, 0.5) is 16.3 Å². The molecule has 7 nitrogen and oxygen atoms in total. The lowest BCUT2D eigenvalue weighted by molar-refractivity contribution is -0.116. The van der Waals surface area contributed by atoms with E-state index in [0.717, 1.165) is 46.6 Å². The molecule has 3 aromatic rings. The van der Waals surface area contributed by atoms with Crippen molar-refractivity contribution in [3.8, 4) is 5.69 Å². The number of nitrogens with zero attached hydrogens (tertiary/aromatic N) is 3. The molecular weight excluding hydrogens is 450 g/mol. The summed E-state index contributed by atoms with van der Waals surface area (Å²) in [6.07, 6.45) is 1.73. The van der Waals surface area contributed by atoms with E-state index in [4.69, 9.17) is 5.10 Å². The molecule has 0 aliphatic heterocycles. The molecule has 0 unspecified atom stereocenters. The van der Waals surface area contributed by atoms with Crippen LogP contribution in [0.15, 0.2) is 48.5 Å². The van der Waals surface area contributed by atoms with Crippen LogP contribution >= 0.6 is 0 Å². The number of unbranched alkanes of at least 4 members (excludes halogenated alkanes) is 1. The van der Waals surface area contributed by atoms with Crippen LogP contribution in [-0.2, 0) is 10.2 Å². The maximum absolute atomic E-state index is 13.2. The van der Waals surface area contributed by atoms with Gasteiger partial charge in [-0.25, -0.2) is 9.48 Å². The number of carbonyl (C=O) groups excluding carboxylic acids is 2. The number of aromatic nitrogens is 2.